The van der Waals surface area contributed by atoms with Crippen LogP contribution in [-0.4, -0.2) is 32.7 Å². The van der Waals surface area contributed by atoms with Crippen molar-refractivity contribution in [2.45, 2.75) is 12.8 Å². The Bertz CT molecular complexity index is 422. The second kappa shape index (κ2) is 8.09. The summed E-state index contributed by atoms with van der Waals surface area (Å²) in [5.74, 6) is 1.24. The Hall–Kier alpha value is -0.300. The molecule has 1 saturated heterocycles. The summed E-state index contributed by atoms with van der Waals surface area (Å²) in [7, 11) is 1.60. The number of rotatable bonds is 4. The molecular formula is C12H18BrClN2O2S. The Labute approximate surface area is 131 Å². The fraction of sp³-hybridized carbons (Fsp3) is 0.583. The maximum absolute atomic E-state index is 12.0. The molecule has 1 unspecified atom stereocenters. The third-order valence-electron chi connectivity index (χ3n) is 3.05. The topological polar surface area (TPSA) is 50.4 Å². The van der Waals surface area contributed by atoms with E-state index >= 15 is 0 Å². The van der Waals surface area contributed by atoms with E-state index in [2.05, 4.69) is 26.6 Å². The first-order chi connectivity index (χ1) is 8.70. The zero-order valence-electron chi connectivity index (χ0n) is 10.7. The summed E-state index contributed by atoms with van der Waals surface area (Å²) in [5.41, 5.74) is 0. The van der Waals surface area contributed by atoms with Crippen LogP contribution in [0.5, 0.6) is 5.75 Å². The van der Waals surface area contributed by atoms with Crippen LogP contribution in [0.1, 0.15) is 22.5 Å². The summed E-state index contributed by atoms with van der Waals surface area (Å²) in [6.45, 7) is 2.83. The molecule has 2 N–H and O–H groups in total. The van der Waals surface area contributed by atoms with Gasteiger partial charge in [-0.25, -0.2) is 0 Å². The zero-order valence-corrected chi connectivity index (χ0v) is 13.9. The Morgan fingerprint density at radius 2 is 2.47 bits per heavy atom. The van der Waals surface area contributed by atoms with Crippen molar-refractivity contribution in [2.24, 2.45) is 5.92 Å². The molecule has 4 nitrogen and oxygen atoms in total. The van der Waals surface area contributed by atoms with E-state index < -0.39 is 0 Å². The van der Waals surface area contributed by atoms with Crippen molar-refractivity contribution in [1.29, 1.82) is 0 Å². The minimum Gasteiger partial charge on any atom is -0.495 e. The van der Waals surface area contributed by atoms with E-state index in [9.17, 15) is 4.79 Å². The molecule has 1 amide bonds. The first kappa shape index (κ1) is 16.8. The van der Waals surface area contributed by atoms with Crippen molar-refractivity contribution in [3.63, 3.8) is 0 Å². The average Bonchev–Trinajstić information content (AvgIpc) is 2.78. The molecule has 108 valence electrons. The van der Waals surface area contributed by atoms with Gasteiger partial charge < -0.3 is 15.4 Å². The van der Waals surface area contributed by atoms with Crippen molar-refractivity contribution in [1.82, 2.24) is 10.6 Å². The monoisotopic (exact) mass is 368 g/mol. The van der Waals surface area contributed by atoms with Gasteiger partial charge in [-0.1, -0.05) is 0 Å². The summed E-state index contributed by atoms with van der Waals surface area (Å²) in [6, 6.07) is 1.77. The average molecular weight is 370 g/mol. The van der Waals surface area contributed by atoms with Gasteiger partial charge in [-0.15, -0.1) is 23.7 Å². The fourth-order valence-corrected chi connectivity index (χ4v) is 3.59. The van der Waals surface area contributed by atoms with Gasteiger partial charge in [0.15, 0.2) is 0 Å². The van der Waals surface area contributed by atoms with Crippen molar-refractivity contribution in [3.8, 4) is 5.75 Å². The molecule has 1 aromatic rings. The van der Waals surface area contributed by atoms with Gasteiger partial charge in [-0.2, -0.15) is 0 Å². The summed E-state index contributed by atoms with van der Waals surface area (Å²) < 4.78 is 6.00. The van der Waals surface area contributed by atoms with Crippen LogP contribution < -0.4 is 15.4 Å². The van der Waals surface area contributed by atoms with E-state index in [0.29, 0.717) is 16.5 Å². The highest BCUT2D eigenvalue weighted by Gasteiger charge is 2.17. The lowest BCUT2D eigenvalue weighted by atomic mass is 10.00. The third kappa shape index (κ3) is 4.63. The van der Waals surface area contributed by atoms with Gasteiger partial charge in [-0.05, 0) is 47.8 Å². The molecule has 1 atom stereocenters. The number of nitrogens with one attached hydrogen (secondary N) is 2. The van der Waals surface area contributed by atoms with Gasteiger partial charge in [0.1, 0.15) is 9.54 Å². The van der Waals surface area contributed by atoms with Gasteiger partial charge >= 0.3 is 0 Å². The van der Waals surface area contributed by atoms with E-state index in [1.54, 1.807) is 13.2 Å². The summed E-state index contributed by atoms with van der Waals surface area (Å²) >= 11 is 4.77. The molecule has 0 aromatic carbocycles. The van der Waals surface area contributed by atoms with Crippen LogP contribution >= 0.6 is 39.7 Å². The number of halogens is 2. The predicted octanol–water partition coefficient (Wildman–Crippen LogP) is 2.67. The number of hydrogen-bond donors (Lipinski definition) is 2. The molecule has 7 heteroatoms. The van der Waals surface area contributed by atoms with E-state index in [4.69, 9.17) is 4.74 Å². The van der Waals surface area contributed by atoms with Crippen LogP contribution in [0.25, 0.3) is 0 Å². The van der Waals surface area contributed by atoms with E-state index in [-0.39, 0.29) is 18.3 Å². The van der Waals surface area contributed by atoms with Crippen molar-refractivity contribution < 1.29 is 9.53 Å². The number of amides is 1. The Kier molecular flexibility index (Phi) is 7.13. The summed E-state index contributed by atoms with van der Waals surface area (Å²) in [5, 5.41) is 6.33. The number of ether oxygens (including phenoxy) is 1. The van der Waals surface area contributed by atoms with Gasteiger partial charge in [0.05, 0.1) is 12.0 Å². The van der Waals surface area contributed by atoms with Crippen LogP contribution in [0.2, 0.25) is 0 Å². The highest BCUT2D eigenvalue weighted by atomic mass is 79.9. The predicted molar refractivity (Wildman–Crippen MR) is 83.7 cm³/mol. The number of thiophene rings is 1. The van der Waals surface area contributed by atoms with Crippen LogP contribution in [0.3, 0.4) is 0 Å². The molecule has 1 aliphatic heterocycles. The number of piperidine rings is 1. The lowest BCUT2D eigenvalue weighted by Crippen LogP contribution is -2.37. The number of carbonyl (C=O) groups excluding carboxylic acids is 1. The minimum atomic E-state index is -0.0189. The number of methoxy groups -OCH3 is 1. The Morgan fingerprint density at radius 3 is 3.05 bits per heavy atom. The number of carbonyl (C=O) groups is 1. The Balaban J connectivity index is 0.00000180. The van der Waals surface area contributed by atoms with Crippen LogP contribution in [-0.2, 0) is 0 Å². The standard InChI is InChI=1S/C12H17BrN2O2S.ClH/c1-17-9-5-10(18-11(9)13)12(16)15-7-8-3-2-4-14-6-8;/h5,8,14H,2-4,6-7H2,1H3,(H,15,16);1H. The molecule has 0 bridgehead atoms. The smallest absolute Gasteiger partial charge is 0.261 e. The number of hydrogen-bond acceptors (Lipinski definition) is 4. The normalized spacial score (nSPS) is 18.5. The van der Waals surface area contributed by atoms with Crippen LogP contribution in [0.4, 0.5) is 0 Å². The molecule has 0 spiro atoms. The van der Waals surface area contributed by atoms with Gasteiger partial charge in [0.25, 0.3) is 5.91 Å². The second-order valence-corrected chi connectivity index (χ2v) is 6.75. The molecular weight excluding hydrogens is 352 g/mol. The summed E-state index contributed by atoms with van der Waals surface area (Å²) in [6.07, 6.45) is 2.38. The molecule has 2 rings (SSSR count). The Morgan fingerprint density at radius 1 is 1.68 bits per heavy atom. The van der Waals surface area contributed by atoms with Crippen LogP contribution in [0.15, 0.2) is 9.85 Å². The molecule has 1 aliphatic rings. The summed E-state index contributed by atoms with van der Waals surface area (Å²) in [4.78, 5) is 12.7. The fourth-order valence-electron chi connectivity index (χ4n) is 2.03. The van der Waals surface area contributed by atoms with Gasteiger partial charge in [0, 0.05) is 12.6 Å². The zero-order chi connectivity index (χ0) is 13.0. The molecule has 2 heterocycles. The molecule has 0 aliphatic carbocycles. The molecule has 1 fully saturated rings. The van der Waals surface area contributed by atoms with E-state index in [1.165, 1.54) is 24.2 Å². The quantitative estimate of drug-likeness (QED) is 0.858. The van der Waals surface area contributed by atoms with Gasteiger partial charge in [-0.3, -0.25) is 4.79 Å². The minimum absolute atomic E-state index is 0. The van der Waals surface area contributed by atoms with Crippen molar-refractivity contribution in [3.05, 3.63) is 14.7 Å². The largest absolute Gasteiger partial charge is 0.495 e. The third-order valence-corrected chi connectivity index (χ3v) is 4.83. The highest BCUT2D eigenvalue weighted by Crippen LogP contribution is 2.34. The van der Waals surface area contributed by atoms with Crippen LogP contribution in [0, 0.1) is 5.92 Å². The van der Waals surface area contributed by atoms with E-state index in [0.717, 1.165) is 23.4 Å². The maximum atomic E-state index is 12.0. The molecule has 1 aromatic heterocycles. The first-order valence-electron chi connectivity index (χ1n) is 6.03. The van der Waals surface area contributed by atoms with Crippen molar-refractivity contribution in [2.75, 3.05) is 26.7 Å². The molecule has 0 saturated carbocycles. The molecule has 19 heavy (non-hydrogen) atoms. The highest BCUT2D eigenvalue weighted by molar-refractivity contribution is 9.11. The molecule has 0 radical (unpaired) electrons. The first-order valence-corrected chi connectivity index (χ1v) is 7.64. The lowest BCUT2D eigenvalue weighted by Gasteiger charge is -2.22. The second-order valence-electron chi connectivity index (χ2n) is 4.38. The van der Waals surface area contributed by atoms with Crippen molar-refractivity contribution >= 4 is 45.6 Å². The SMILES string of the molecule is COc1cc(C(=O)NCC2CCCNC2)sc1Br.Cl. The van der Waals surface area contributed by atoms with Gasteiger partial charge in [0.2, 0.25) is 0 Å². The maximum Gasteiger partial charge on any atom is 0.261 e. The lowest BCUT2D eigenvalue weighted by molar-refractivity contribution is 0.0948. The van der Waals surface area contributed by atoms with E-state index in [1.807, 2.05) is 0 Å².